The van der Waals surface area contributed by atoms with Crippen molar-refractivity contribution in [1.29, 1.82) is 0 Å². The number of piperidine rings is 1. The molecular formula is C24H34N4O4. The predicted molar refractivity (Wildman–Crippen MR) is 122 cm³/mol. The minimum absolute atomic E-state index is 0.266. The lowest BCUT2D eigenvalue weighted by Gasteiger charge is -2.38. The Labute approximate surface area is 189 Å². The van der Waals surface area contributed by atoms with Gasteiger partial charge in [-0.2, -0.15) is 0 Å². The second-order valence-corrected chi connectivity index (χ2v) is 8.68. The van der Waals surface area contributed by atoms with Gasteiger partial charge in [0.15, 0.2) is 5.76 Å². The maximum absolute atomic E-state index is 13.1. The molecule has 8 nitrogen and oxygen atoms in total. The number of para-hydroxylation sites is 2. The van der Waals surface area contributed by atoms with Gasteiger partial charge in [0.2, 0.25) is 5.91 Å². The minimum Gasteiger partial charge on any atom is -0.495 e. The Morgan fingerprint density at radius 2 is 2.00 bits per heavy atom. The Bertz CT molecular complexity index is 878. The molecule has 8 heteroatoms. The summed E-state index contributed by atoms with van der Waals surface area (Å²) in [5.41, 5.74) is 2.04. The molecule has 1 amide bonds. The predicted octanol–water partition coefficient (Wildman–Crippen LogP) is 2.34. The van der Waals surface area contributed by atoms with E-state index in [0.717, 1.165) is 75.0 Å². The van der Waals surface area contributed by atoms with E-state index in [4.69, 9.17) is 14.0 Å². The van der Waals surface area contributed by atoms with E-state index in [-0.39, 0.29) is 5.91 Å². The molecule has 3 heterocycles. The summed E-state index contributed by atoms with van der Waals surface area (Å²) >= 11 is 0. The summed E-state index contributed by atoms with van der Waals surface area (Å²) in [6.45, 7) is 5.44. The molecule has 1 aromatic carbocycles. The van der Waals surface area contributed by atoms with Gasteiger partial charge in [-0.1, -0.05) is 17.3 Å². The van der Waals surface area contributed by atoms with Gasteiger partial charge in [-0.15, -0.1) is 0 Å². The van der Waals surface area contributed by atoms with Crippen molar-refractivity contribution >= 4 is 11.6 Å². The van der Waals surface area contributed by atoms with Crippen LogP contribution < -0.4 is 15.0 Å². The van der Waals surface area contributed by atoms with E-state index in [0.29, 0.717) is 24.9 Å². The number of hydrogen-bond acceptors (Lipinski definition) is 7. The third-order valence-electron chi connectivity index (χ3n) is 6.63. The number of benzene rings is 1. The molecule has 0 radical (unpaired) electrons. The van der Waals surface area contributed by atoms with Crippen LogP contribution in [-0.2, 0) is 22.6 Å². The standard InChI is InChI=1S/C24H34N4O4/c1-30-17-21-15-20(26-32-21)13-19-16-25-8-7-18(19)14-24(29)28-11-9-27(10-12-28)22-5-3-4-6-23(22)31-2/h3-6,15,18-19,25H,7-14,16-17H2,1-2H3/t18-,19+/m0/s1. The molecule has 2 atom stereocenters. The molecule has 174 valence electrons. The lowest BCUT2D eigenvalue weighted by molar-refractivity contribution is -0.133. The highest BCUT2D eigenvalue weighted by atomic mass is 16.5. The number of rotatable bonds is 8. The fourth-order valence-corrected chi connectivity index (χ4v) is 4.86. The number of carbonyl (C=O) groups is 1. The van der Waals surface area contributed by atoms with Crippen LogP contribution in [0.5, 0.6) is 5.75 Å². The topological polar surface area (TPSA) is 80.1 Å². The van der Waals surface area contributed by atoms with Crippen molar-refractivity contribution in [1.82, 2.24) is 15.4 Å². The number of methoxy groups -OCH3 is 2. The zero-order valence-electron chi connectivity index (χ0n) is 19.1. The van der Waals surface area contributed by atoms with Gasteiger partial charge in [0.05, 0.1) is 18.5 Å². The number of hydrogen-bond donors (Lipinski definition) is 1. The summed E-state index contributed by atoms with van der Waals surface area (Å²) < 4.78 is 16.0. The maximum atomic E-state index is 13.1. The van der Waals surface area contributed by atoms with Gasteiger partial charge in [-0.25, -0.2) is 0 Å². The first-order valence-electron chi connectivity index (χ1n) is 11.5. The highest BCUT2D eigenvalue weighted by Gasteiger charge is 2.31. The maximum Gasteiger partial charge on any atom is 0.222 e. The molecule has 0 bridgehead atoms. The molecule has 0 unspecified atom stereocenters. The summed E-state index contributed by atoms with van der Waals surface area (Å²) in [4.78, 5) is 17.5. The van der Waals surface area contributed by atoms with E-state index in [9.17, 15) is 4.79 Å². The molecule has 2 aromatic rings. The number of nitrogens with zero attached hydrogens (tertiary/aromatic N) is 3. The van der Waals surface area contributed by atoms with E-state index >= 15 is 0 Å². The first kappa shape index (κ1) is 22.6. The smallest absolute Gasteiger partial charge is 0.222 e. The average molecular weight is 443 g/mol. The van der Waals surface area contributed by atoms with E-state index in [1.54, 1.807) is 14.2 Å². The normalized spacial score (nSPS) is 21.6. The Morgan fingerprint density at radius 1 is 1.19 bits per heavy atom. The first-order valence-corrected chi connectivity index (χ1v) is 11.5. The zero-order valence-corrected chi connectivity index (χ0v) is 19.1. The van der Waals surface area contributed by atoms with Crippen molar-refractivity contribution < 1.29 is 18.8 Å². The minimum atomic E-state index is 0.266. The molecule has 0 spiro atoms. The Morgan fingerprint density at radius 3 is 2.78 bits per heavy atom. The van der Waals surface area contributed by atoms with Crippen molar-refractivity contribution in [3.8, 4) is 5.75 Å². The van der Waals surface area contributed by atoms with Crippen LogP contribution in [-0.4, -0.2) is 69.5 Å². The van der Waals surface area contributed by atoms with Gasteiger partial charge >= 0.3 is 0 Å². The van der Waals surface area contributed by atoms with Crippen molar-refractivity contribution in [3.63, 3.8) is 0 Å². The number of nitrogens with one attached hydrogen (secondary N) is 1. The van der Waals surface area contributed by atoms with E-state index < -0.39 is 0 Å². The van der Waals surface area contributed by atoms with Crippen molar-refractivity contribution in [2.45, 2.75) is 25.9 Å². The number of carbonyl (C=O) groups excluding carboxylic acids is 1. The van der Waals surface area contributed by atoms with Crippen LogP contribution in [0, 0.1) is 11.8 Å². The fraction of sp³-hybridized carbons (Fsp3) is 0.583. The summed E-state index contributed by atoms with van der Waals surface area (Å²) in [5.74, 6) is 2.63. The molecular weight excluding hydrogens is 408 g/mol. The van der Waals surface area contributed by atoms with Gasteiger partial charge in [0.1, 0.15) is 12.4 Å². The monoisotopic (exact) mass is 442 g/mol. The highest BCUT2D eigenvalue weighted by Crippen LogP contribution is 2.30. The van der Waals surface area contributed by atoms with Crippen LogP contribution >= 0.6 is 0 Å². The number of piperazine rings is 1. The SMILES string of the molecule is COCc1cc(C[C@@H]2CNCC[C@H]2CC(=O)N2CCN(c3ccccc3OC)CC2)no1. The highest BCUT2D eigenvalue weighted by molar-refractivity contribution is 5.77. The Hall–Kier alpha value is -2.58. The summed E-state index contributed by atoms with van der Waals surface area (Å²) in [5, 5.41) is 7.67. The summed E-state index contributed by atoms with van der Waals surface area (Å²) in [6, 6.07) is 10.0. The van der Waals surface area contributed by atoms with Crippen LogP contribution in [0.1, 0.15) is 24.3 Å². The van der Waals surface area contributed by atoms with Crippen molar-refractivity contribution in [2.24, 2.45) is 11.8 Å². The van der Waals surface area contributed by atoms with Gasteiger partial charge in [0, 0.05) is 45.8 Å². The number of aromatic nitrogens is 1. The Kier molecular flexibility index (Phi) is 7.65. The van der Waals surface area contributed by atoms with Crippen LogP contribution in [0.15, 0.2) is 34.9 Å². The van der Waals surface area contributed by atoms with Crippen LogP contribution in [0.2, 0.25) is 0 Å². The summed E-state index contributed by atoms with van der Waals surface area (Å²) in [6.07, 6.45) is 2.43. The van der Waals surface area contributed by atoms with E-state index in [2.05, 4.69) is 21.4 Å². The number of ether oxygens (including phenoxy) is 2. The van der Waals surface area contributed by atoms with Gasteiger partial charge in [0.25, 0.3) is 0 Å². The molecule has 4 rings (SSSR count). The molecule has 2 saturated heterocycles. The van der Waals surface area contributed by atoms with Gasteiger partial charge < -0.3 is 29.1 Å². The van der Waals surface area contributed by atoms with Gasteiger partial charge in [-0.05, 0) is 49.9 Å². The first-order chi connectivity index (χ1) is 15.7. The fourth-order valence-electron chi connectivity index (χ4n) is 4.86. The second-order valence-electron chi connectivity index (χ2n) is 8.68. The molecule has 32 heavy (non-hydrogen) atoms. The van der Waals surface area contributed by atoms with Crippen molar-refractivity contribution in [3.05, 3.63) is 41.8 Å². The third-order valence-corrected chi connectivity index (χ3v) is 6.63. The van der Waals surface area contributed by atoms with E-state index in [1.165, 1.54) is 0 Å². The number of anilines is 1. The molecule has 2 aliphatic heterocycles. The lowest BCUT2D eigenvalue weighted by Crippen LogP contribution is -2.50. The number of amides is 1. The third kappa shape index (κ3) is 5.42. The molecule has 1 N–H and O–H groups in total. The van der Waals surface area contributed by atoms with Crippen LogP contribution in [0.25, 0.3) is 0 Å². The zero-order chi connectivity index (χ0) is 22.3. The molecule has 2 aliphatic rings. The molecule has 2 fully saturated rings. The van der Waals surface area contributed by atoms with Crippen LogP contribution in [0.3, 0.4) is 0 Å². The molecule has 1 aromatic heterocycles. The van der Waals surface area contributed by atoms with E-state index in [1.807, 2.05) is 29.2 Å². The molecule has 0 saturated carbocycles. The quantitative estimate of drug-likeness (QED) is 0.672. The second kappa shape index (κ2) is 10.8. The summed E-state index contributed by atoms with van der Waals surface area (Å²) in [7, 11) is 3.34. The largest absolute Gasteiger partial charge is 0.495 e. The van der Waals surface area contributed by atoms with Gasteiger partial charge in [-0.3, -0.25) is 4.79 Å². The lowest BCUT2D eigenvalue weighted by atomic mass is 9.81. The van der Waals surface area contributed by atoms with Crippen LogP contribution in [0.4, 0.5) is 5.69 Å². The van der Waals surface area contributed by atoms with Crippen molar-refractivity contribution in [2.75, 3.05) is 58.4 Å². The molecule has 0 aliphatic carbocycles. The Balaban J connectivity index is 1.31. The average Bonchev–Trinajstić information content (AvgIpc) is 3.27.